The third-order valence-corrected chi connectivity index (χ3v) is 7.64. The lowest BCUT2D eigenvalue weighted by Crippen LogP contribution is -2.42. The van der Waals surface area contributed by atoms with Gasteiger partial charge in [-0.3, -0.25) is 0 Å². The molecule has 0 N–H and O–H groups in total. The summed E-state index contributed by atoms with van der Waals surface area (Å²) < 4.78 is 0. The summed E-state index contributed by atoms with van der Waals surface area (Å²) in [7, 11) is 0. The highest BCUT2D eigenvalue weighted by molar-refractivity contribution is 4.98. The highest BCUT2D eigenvalue weighted by Gasteiger charge is 2.48. The lowest BCUT2D eigenvalue weighted by atomic mass is 9.53. The minimum Gasteiger partial charge on any atom is -0.0528 e. The summed E-state index contributed by atoms with van der Waals surface area (Å²) in [5.74, 6) is 4.52. The largest absolute Gasteiger partial charge is 0.0528 e. The van der Waals surface area contributed by atoms with Crippen molar-refractivity contribution in [3.63, 3.8) is 0 Å². The molecule has 4 aliphatic carbocycles. The van der Waals surface area contributed by atoms with Gasteiger partial charge in [-0.15, -0.1) is 0 Å². The minimum atomic E-state index is 0.831. The van der Waals surface area contributed by atoms with Gasteiger partial charge in [0.2, 0.25) is 0 Å². The highest BCUT2D eigenvalue weighted by Crippen LogP contribution is 2.59. The van der Waals surface area contributed by atoms with Crippen molar-refractivity contribution in [2.24, 2.45) is 29.1 Å². The van der Waals surface area contributed by atoms with Gasteiger partial charge >= 0.3 is 0 Å². The average Bonchev–Trinajstić information content (AvgIpc) is 2.73. The first-order valence-corrected chi connectivity index (χ1v) is 9.36. The van der Waals surface area contributed by atoms with Gasteiger partial charge < -0.3 is 0 Å². The van der Waals surface area contributed by atoms with E-state index in [-0.39, 0.29) is 0 Å². The van der Waals surface area contributed by atoms with Crippen molar-refractivity contribution in [1.82, 2.24) is 0 Å². The van der Waals surface area contributed by atoms with Crippen LogP contribution in [0.1, 0.15) is 89.9 Å². The first-order valence-electron chi connectivity index (χ1n) is 9.36. The van der Waals surface area contributed by atoms with Crippen LogP contribution in [-0.2, 0) is 0 Å². The van der Waals surface area contributed by atoms with Crippen LogP contribution in [0.25, 0.3) is 0 Å². The molecular formula is C19H32. The molecule has 0 heteroatoms. The zero-order valence-corrected chi connectivity index (χ0v) is 12.7. The molecule has 4 aliphatic rings. The molecule has 0 aliphatic heterocycles. The Morgan fingerprint density at radius 1 is 0.579 bits per heavy atom. The van der Waals surface area contributed by atoms with Crippen molar-refractivity contribution in [2.75, 3.05) is 0 Å². The number of fused-ring (bicyclic) bond motifs is 5. The molecule has 19 heavy (non-hydrogen) atoms. The predicted molar refractivity (Wildman–Crippen MR) is 81.0 cm³/mol. The summed E-state index contributed by atoms with van der Waals surface area (Å²) in [6.07, 6.45) is 22.2. The quantitative estimate of drug-likeness (QED) is 0.546. The Kier molecular flexibility index (Phi) is 3.40. The Labute approximate surface area is 119 Å². The normalized spacial score (nSPS) is 50.5. The first kappa shape index (κ1) is 12.7. The molecule has 0 heterocycles. The van der Waals surface area contributed by atoms with Crippen LogP contribution in [0.3, 0.4) is 0 Å². The van der Waals surface area contributed by atoms with Crippen LogP contribution in [0.15, 0.2) is 0 Å². The van der Waals surface area contributed by atoms with Gasteiger partial charge in [0.1, 0.15) is 0 Å². The molecule has 3 unspecified atom stereocenters. The highest BCUT2D eigenvalue weighted by atomic mass is 14.5. The fraction of sp³-hybridized carbons (Fsp3) is 1.00. The zero-order valence-electron chi connectivity index (χ0n) is 12.7. The Bertz CT molecular complexity index is 308. The Morgan fingerprint density at radius 2 is 1.32 bits per heavy atom. The van der Waals surface area contributed by atoms with Crippen LogP contribution in [0.2, 0.25) is 0 Å². The molecule has 0 radical (unpaired) electrons. The summed E-state index contributed by atoms with van der Waals surface area (Å²) >= 11 is 0. The molecule has 4 bridgehead atoms. The van der Waals surface area contributed by atoms with Crippen LogP contribution in [-0.4, -0.2) is 0 Å². The van der Waals surface area contributed by atoms with Gasteiger partial charge in [0.15, 0.2) is 0 Å². The summed E-state index contributed by atoms with van der Waals surface area (Å²) in [6.45, 7) is 0. The number of hydrogen-bond donors (Lipinski definition) is 0. The SMILES string of the molecule is C1CC2CCC(C1)C(C13CCCC(CCC1)C3)CC2. The zero-order chi connectivity index (χ0) is 12.7. The Balaban J connectivity index is 1.59. The third kappa shape index (κ3) is 2.28. The Morgan fingerprint density at radius 3 is 2.16 bits per heavy atom. The summed E-state index contributed by atoms with van der Waals surface area (Å²) in [5.41, 5.74) is 0.831. The number of hydrogen-bond acceptors (Lipinski definition) is 0. The molecule has 0 aromatic rings. The molecule has 0 aromatic heterocycles. The van der Waals surface area contributed by atoms with Crippen molar-refractivity contribution in [1.29, 1.82) is 0 Å². The van der Waals surface area contributed by atoms with E-state index in [1.807, 2.05) is 0 Å². The molecule has 4 rings (SSSR count). The lowest BCUT2D eigenvalue weighted by molar-refractivity contribution is -0.0174. The van der Waals surface area contributed by atoms with Gasteiger partial charge in [0.05, 0.1) is 0 Å². The van der Waals surface area contributed by atoms with Crippen LogP contribution in [0, 0.1) is 29.1 Å². The second-order valence-corrected chi connectivity index (χ2v) is 8.54. The van der Waals surface area contributed by atoms with Gasteiger partial charge in [-0.2, -0.15) is 0 Å². The third-order valence-electron chi connectivity index (χ3n) is 7.64. The topological polar surface area (TPSA) is 0 Å². The van der Waals surface area contributed by atoms with Crippen molar-refractivity contribution in [2.45, 2.75) is 89.9 Å². The smallest absolute Gasteiger partial charge is 0.0264 e. The van der Waals surface area contributed by atoms with Crippen molar-refractivity contribution >= 4 is 0 Å². The van der Waals surface area contributed by atoms with E-state index in [4.69, 9.17) is 0 Å². The van der Waals surface area contributed by atoms with E-state index in [0.717, 1.165) is 29.1 Å². The second-order valence-electron chi connectivity index (χ2n) is 8.54. The van der Waals surface area contributed by atoms with Gasteiger partial charge in [-0.1, -0.05) is 57.8 Å². The lowest BCUT2D eigenvalue weighted by Gasteiger charge is -2.52. The maximum Gasteiger partial charge on any atom is -0.0264 e. The maximum atomic E-state index is 1.64. The molecule has 0 amide bonds. The summed E-state index contributed by atoms with van der Waals surface area (Å²) in [4.78, 5) is 0. The van der Waals surface area contributed by atoms with Crippen molar-refractivity contribution in [3.8, 4) is 0 Å². The molecule has 0 spiro atoms. The van der Waals surface area contributed by atoms with Crippen LogP contribution in [0.5, 0.6) is 0 Å². The second kappa shape index (κ2) is 5.08. The Hall–Kier alpha value is 0. The maximum absolute atomic E-state index is 1.64. The van der Waals surface area contributed by atoms with E-state index in [2.05, 4.69) is 0 Å². The molecule has 3 atom stereocenters. The molecule has 0 aromatic carbocycles. The van der Waals surface area contributed by atoms with E-state index in [9.17, 15) is 0 Å². The van der Waals surface area contributed by atoms with E-state index in [1.165, 1.54) is 0 Å². The molecule has 0 saturated heterocycles. The van der Waals surface area contributed by atoms with E-state index >= 15 is 0 Å². The van der Waals surface area contributed by atoms with E-state index < -0.39 is 0 Å². The minimum absolute atomic E-state index is 0.831. The van der Waals surface area contributed by atoms with Gasteiger partial charge in [-0.25, -0.2) is 0 Å². The van der Waals surface area contributed by atoms with Crippen molar-refractivity contribution < 1.29 is 0 Å². The van der Waals surface area contributed by atoms with Crippen LogP contribution < -0.4 is 0 Å². The summed E-state index contributed by atoms with van der Waals surface area (Å²) in [6, 6.07) is 0. The predicted octanol–water partition coefficient (Wildman–Crippen LogP) is 5.95. The molecule has 108 valence electrons. The van der Waals surface area contributed by atoms with E-state index in [0.29, 0.717) is 0 Å². The fourth-order valence-electron chi connectivity index (χ4n) is 6.82. The van der Waals surface area contributed by atoms with Crippen LogP contribution in [0.4, 0.5) is 0 Å². The molecule has 0 nitrogen and oxygen atoms in total. The average molecular weight is 260 g/mol. The summed E-state index contributed by atoms with van der Waals surface area (Å²) in [5, 5.41) is 0. The number of rotatable bonds is 1. The fourth-order valence-corrected chi connectivity index (χ4v) is 6.82. The first-order chi connectivity index (χ1) is 9.36. The standard InChI is InChI=1S/C19H32/c1-4-15-8-10-17(7-1)18(11-9-15)19-12-2-5-16(14-19)6-3-13-19/h15-18H,1-14H2. The molecular weight excluding hydrogens is 228 g/mol. The van der Waals surface area contributed by atoms with Gasteiger partial charge in [0, 0.05) is 0 Å². The van der Waals surface area contributed by atoms with E-state index in [1.54, 1.807) is 89.9 Å². The van der Waals surface area contributed by atoms with Gasteiger partial charge in [0.25, 0.3) is 0 Å². The van der Waals surface area contributed by atoms with Crippen LogP contribution >= 0.6 is 0 Å². The van der Waals surface area contributed by atoms with Gasteiger partial charge in [-0.05, 0) is 61.2 Å². The monoisotopic (exact) mass is 260 g/mol. The molecule has 4 fully saturated rings. The molecule has 4 saturated carbocycles. The van der Waals surface area contributed by atoms with Crippen molar-refractivity contribution in [3.05, 3.63) is 0 Å².